The molecule has 1 aliphatic carbocycles. The largest absolute Gasteiger partial charge is 0.302 e. The molecule has 0 N–H and O–H groups in total. The molecule has 0 amide bonds. The quantitative estimate of drug-likeness (QED) is 0.635. The summed E-state index contributed by atoms with van der Waals surface area (Å²) in [6.45, 7) is 5.64. The van der Waals surface area contributed by atoms with Crippen molar-refractivity contribution >= 4 is 21.6 Å². The summed E-state index contributed by atoms with van der Waals surface area (Å²) in [4.78, 5) is 22.9. The van der Waals surface area contributed by atoms with Gasteiger partial charge in [-0.1, -0.05) is 38.1 Å². The van der Waals surface area contributed by atoms with E-state index in [1.54, 1.807) is 11.3 Å². The van der Waals surface area contributed by atoms with Gasteiger partial charge >= 0.3 is 0 Å². The second kappa shape index (κ2) is 7.80. The van der Waals surface area contributed by atoms with Crippen molar-refractivity contribution in [2.45, 2.75) is 58.5 Å². The summed E-state index contributed by atoms with van der Waals surface area (Å²) in [5.74, 6) is 1.37. The smallest absolute Gasteiger partial charge is 0.262 e. The summed E-state index contributed by atoms with van der Waals surface area (Å²) in [7, 11) is 4.05. The van der Waals surface area contributed by atoms with Crippen molar-refractivity contribution in [2.75, 3.05) is 14.1 Å². The van der Waals surface area contributed by atoms with Gasteiger partial charge in [0.15, 0.2) is 0 Å². The van der Waals surface area contributed by atoms with Crippen LogP contribution in [-0.2, 0) is 25.9 Å². The van der Waals surface area contributed by atoms with Gasteiger partial charge in [0.2, 0.25) is 0 Å². The van der Waals surface area contributed by atoms with Crippen molar-refractivity contribution in [3.63, 3.8) is 0 Å². The third-order valence-electron chi connectivity index (χ3n) is 5.60. The SMILES string of the molecule is CC(C)c1ccc(Cn2c(CN(C)C)nc3sc4c(c3c2=O)CCCC4)cc1. The number of nitrogens with zero attached hydrogens (tertiary/aromatic N) is 3. The molecule has 4 nitrogen and oxygen atoms in total. The lowest BCUT2D eigenvalue weighted by molar-refractivity contribution is 0.379. The topological polar surface area (TPSA) is 38.1 Å². The summed E-state index contributed by atoms with van der Waals surface area (Å²) in [6.07, 6.45) is 4.51. The highest BCUT2D eigenvalue weighted by molar-refractivity contribution is 7.18. The minimum atomic E-state index is 0.134. The second-order valence-corrected chi connectivity index (χ2v) is 9.53. The van der Waals surface area contributed by atoms with Gasteiger partial charge in [-0.15, -0.1) is 11.3 Å². The van der Waals surface area contributed by atoms with Gasteiger partial charge in [-0.2, -0.15) is 0 Å². The first kappa shape index (κ1) is 19.3. The van der Waals surface area contributed by atoms with E-state index in [1.165, 1.54) is 28.8 Å². The van der Waals surface area contributed by atoms with Gasteiger partial charge in [-0.3, -0.25) is 9.36 Å². The normalized spacial score (nSPS) is 14.2. The number of aryl methyl sites for hydroxylation is 2. The van der Waals surface area contributed by atoms with Gasteiger partial charge in [0.25, 0.3) is 5.56 Å². The highest BCUT2D eigenvalue weighted by Crippen LogP contribution is 2.34. The molecule has 0 bridgehead atoms. The molecule has 0 atom stereocenters. The molecule has 0 radical (unpaired) electrons. The highest BCUT2D eigenvalue weighted by Gasteiger charge is 2.22. The maximum absolute atomic E-state index is 13.6. The maximum Gasteiger partial charge on any atom is 0.262 e. The lowest BCUT2D eigenvalue weighted by atomic mass is 9.97. The highest BCUT2D eigenvalue weighted by atomic mass is 32.1. The minimum absolute atomic E-state index is 0.134. The van der Waals surface area contributed by atoms with E-state index in [-0.39, 0.29) is 5.56 Å². The Balaban J connectivity index is 1.82. The van der Waals surface area contributed by atoms with Gasteiger partial charge in [0.05, 0.1) is 18.5 Å². The van der Waals surface area contributed by atoms with E-state index in [4.69, 9.17) is 4.98 Å². The Morgan fingerprint density at radius 2 is 1.86 bits per heavy atom. The second-order valence-electron chi connectivity index (χ2n) is 8.44. The van der Waals surface area contributed by atoms with Crippen molar-refractivity contribution in [3.05, 3.63) is 62.0 Å². The number of rotatable bonds is 5. The number of fused-ring (bicyclic) bond motifs is 3. The Kier molecular flexibility index (Phi) is 5.39. The molecule has 0 aliphatic heterocycles. The zero-order valence-electron chi connectivity index (χ0n) is 17.3. The standard InChI is InChI=1S/C23H29N3OS/c1-15(2)17-11-9-16(10-12-17)13-26-20(14-25(3)4)24-22-21(23(26)27)18-7-5-6-8-19(18)28-22/h9-12,15H,5-8,13-14H2,1-4H3. The van der Waals surface area contributed by atoms with E-state index in [0.717, 1.165) is 34.4 Å². The Labute approximate surface area is 170 Å². The predicted octanol–water partition coefficient (Wildman–Crippen LogP) is 4.57. The average Bonchev–Trinajstić information content (AvgIpc) is 3.03. The fourth-order valence-corrected chi connectivity index (χ4v) is 5.31. The van der Waals surface area contributed by atoms with Crippen LogP contribution in [0, 0.1) is 0 Å². The first-order valence-corrected chi connectivity index (χ1v) is 11.0. The van der Waals surface area contributed by atoms with Crippen molar-refractivity contribution in [2.24, 2.45) is 0 Å². The van der Waals surface area contributed by atoms with Crippen molar-refractivity contribution < 1.29 is 0 Å². The molecule has 0 unspecified atom stereocenters. The van der Waals surface area contributed by atoms with Crippen molar-refractivity contribution in [1.29, 1.82) is 0 Å². The molecule has 4 rings (SSSR count). The van der Waals surface area contributed by atoms with Gasteiger partial charge in [0.1, 0.15) is 10.7 Å². The number of hydrogen-bond donors (Lipinski definition) is 0. The molecule has 0 saturated heterocycles. The Morgan fingerprint density at radius 3 is 2.54 bits per heavy atom. The van der Waals surface area contributed by atoms with Crippen LogP contribution < -0.4 is 5.56 Å². The van der Waals surface area contributed by atoms with E-state index >= 15 is 0 Å². The fourth-order valence-electron chi connectivity index (χ4n) is 4.04. The summed E-state index contributed by atoms with van der Waals surface area (Å²) in [6, 6.07) is 8.65. The zero-order valence-corrected chi connectivity index (χ0v) is 18.1. The molecule has 3 aromatic rings. The van der Waals surface area contributed by atoms with E-state index in [9.17, 15) is 4.79 Å². The number of hydrogen-bond acceptors (Lipinski definition) is 4. The maximum atomic E-state index is 13.6. The molecule has 1 aromatic carbocycles. The molecule has 2 heterocycles. The molecule has 148 valence electrons. The van der Waals surface area contributed by atoms with Crippen LogP contribution in [0.1, 0.15) is 60.0 Å². The molecule has 1 aliphatic rings. The summed E-state index contributed by atoms with van der Waals surface area (Å²) in [5.41, 5.74) is 3.88. The Hall–Kier alpha value is -1.98. The van der Waals surface area contributed by atoms with E-state index in [1.807, 2.05) is 18.7 Å². The van der Waals surface area contributed by atoms with Crippen LogP contribution in [0.2, 0.25) is 0 Å². The third kappa shape index (κ3) is 3.65. The fraction of sp³-hybridized carbons (Fsp3) is 0.478. The van der Waals surface area contributed by atoms with Crippen molar-refractivity contribution in [1.82, 2.24) is 14.5 Å². The Morgan fingerprint density at radius 1 is 1.14 bits per heavy atom. The molecule has 0 saturated carbocycles. The van der Waals surface area contributed by atoms with Crippen LogP contribution in [0.4, 0.5) is 0 Å². The number of aromatic nitrogens is 2. The van der Waals surface area contributed by atoms with E-state index < -0.39 is 0 Å². The molecule has 5 heteroatoms. The third-order valence-corrected chi connectivity index (χ3v) is 6.78. The lowest BCUT2D eigenvalue weighted by Crippen LogP contribution is -2.29. The number of benzene rings is 1. The van der Waals surface area contributed by atoms with Gasteiger partial charge in [-0.25, -0.2) is 4.98 Å². The molecular weight excluding hydrogens is 366 g/mol. The Bertz CT molecular complexity index is 1040. The first-order chi connectivity index (χ1) is 13.4. The van der Waals surface area contributed by atoms with E-state index in [2.05, 4.69) is 43.0 Å². The average molecular weight is 396 g/mol. The minimum Gasteiger partial charge on any atom is -0.302 e. The zero-order chi connectivity index (χ0) is 19.8. The lowest BCUT2D eigenvalue weighted by Gasteiger charge is -2.17. The number of thiophene rings is 1. The van der Waals surface area contributed by atoms with Gasteiger partial charge in [0, 0.05) is 4.88 Å². The van der Waals surface area contributed by atoms with Gasteiger partial charge < -0.3 is 4.90 Å². The molecule has 2 aromatic heterocycles. The van der Waals surface area contributed by atoms with Crippen LogP contribution in [0.3, 0.4) is 0 Å². The van der Waals surface area contributed by atoms with Crippen LogP contribution in [0.15, 0.2) is 29.1 Å². The van der Waals surface area contributed by atoms with Crippen LogP contribution in [0.25, 0.3) is 10.2 Å². The summed E-state index contributed by atoms with van der Waals surface area (Å²) in [5, 5.41) is 0.876. The van der Waals surface area contributed by atoms with E-state index in [0.29, 0.717) is 19.0 Å². The van der Waals surface area contributed by atoms with Gasteiger partial charge in [-0.05, 0) is 62.4 Å². The molecule has 0 fully saturated rings. The van der Waals surface area contributed by atoms with Crippen LogP contribution >= 0.6 is 11.3 Å². The van der Waals surface area contributed by atoms with Crippen LogP contribution in [-0.4, -0.2) is 28.5 Å². The monoisotopic (exact) mass is 395 g/mol. The van der Waals surface area contributed by atoms with Crippen molar-refractivity contribution in [3.8, 4) is 0 Å². The predicted molar refractivity (Wildman–Crippen MR) is 118 cm³/mol. The molecule has 0 spiro atoms. The summed E-state index contributed by atoms with van der Waals surface area (Å²) >= 11 is 1.73. The first-order valence-electron chi connectivity index (χ1n) is 10.2. The molecule has 28 heavy (non-hydrogen) atoms. The molecular formula is C23H29N3OS. The van der Waals surface area contributed by atoms with Crippen LogP contribution in [0.5, 0.6) is 0 Å². The summed E-state index contributed by atoms with van der Waals surface area (Å²) < 4.78 is 1.90.